The van der Waals surface area contributed by atoms with Crippen molar-refractivity contribution in [2.75, 3.05) is 13.6 Å². The molecule has 4 nitrogen and oxygen atoms in total. The van der Waals surface area contributed by atoms with Crippen LogP contribution < -0.4 is 10.6 Å². The second-order valence-corrected chi connectivity index (χ2v) is 7.38. The van der Waals surface area contributed by atoms with Gasteiger partial charge in [0.25, 0.3) is 5.91 Å². The molecule has 1 heterocycles. The molecule has 3 rings (SSSR count). The molecule has 32 heavy (non-hydrogen) atoms. The van der Waals surface area contributed by atoms with Crippen LogP contribution in [0.2, 0.25) is 0 Å². The molecule has 3 N–H and O–H groups in total. The number of H-pyrrole nitrogens is 1. The predicted octanol–water partition coefficient (Wildman–Crippen LogP) is 4.71. The van der Waals surface area contributed by atoms with Crippen molar-refractivity contribution >= 4 is 16.8 Å². The van der Waals surface area contributed by atoms with E-state index in [0.717, 1.165) is 18.2 Å². The fourth-order valence-electron chi connectivity index (χ4n) is 3.45. The second kappa shape index (κ2) is 9.52. The SMILES string of the molecule is C=CC(CCNC)NC(=O)C(F)(F)Cc1c(-c2ccc(F)cc2)[nH]c2c(F)cc(F)cc12. The van der Waals surface area contributed by atoms with E-state index in [-0.39, 0.29) is 27.7 Å². The molecule has 1 aromatic heterocycles. The predicted molar refractivity (Wildman–Crippen MR) is 113 cm³/mol. The normalized spacial score (nSPS) is 12.7. The third-order valence-corrected chi connectivity index (χ3v) is 5.10. The number of aromatic amines is 1. The maximum Gasteiger partial charge on any atom is 0.328 e. The van der Waals surface area contributed by atoms with E-state index in [1.54, 1.807) is 7.05 Å². The number of nitrogens with one attached hydrogen (secondary N) is 3. The molecule has 1 unspecified atom stereocenters. The van der Waals surface area contributed by atoms with Gasteiger partial charge in [-0.15, -0.1) is 6.58 Å². The monoisotopic (exact) mass is 451 g/mol. The molecule has 0 aliphatic carbocycles. The molecule has 0 aliphatic rings. The Hall–Kier alpha value is -3.20. The van der Waals surface area contributed by atoms with Gasteiger partial charge in [-0.2, -0.15) is 8.78 Å². The highest BCUT2D eigenvalue weighted by Gasteiger charge is 2.41. The summed E-state index contributed by atoms with van der Waals surface area (Å²) in [5.74, 6) is -7.90. The van der Waals surface area contributed by atoms with Gasteiger partial charge in [-0.05, 0) is 61.5 Å². The summed E-state index contributed by atoms with van der Waals surface area (Å²) in [4.78, 5) is 15.0. The van der Waals surface area contributed by atoms with Crippen molar-refractivity contribution < 1.29 is 26.7 Å². The van der Waals surface area contributed by atoms with Gasteiger partial charge in [0.05, 0.1) is 11.2 Å². The van der Waals surface area contributed by atoms with Crippen LogP contribution in [0.4, 0.5) is 22.0 Å². The molecule has 170 valence electrons. The first-order valence-electron chi connectivity index (χ1n) is 9.87. The molecule has 0 aliphatic heterocycles. The summed E-state index contributed by atoms with van der Waals surface area (Å²) < 4.78 is 71.5. The van der Waals surface area contributed by atoms with E-state index >= 15 is 0 Å². The number of hydrogen-bond acceptors (Lipinski definition) is 2. The number of amides is 1. The van der Waals surface area contributed by atoms with E-state index in [0.29, 0.717) is 19.0 Å². The van der Waals surface area contributed by atoms with Crippen LogP contribution in [-0.4, -0.2) is 36.4 Å². The number of alkyl halides is 2. The number of halogens is 5. The van der Waals surface area contributed by atoms with Crippen LogP contribution in [0.1, 0.15) is 12.0 Å². The van der Waals surface area contributed by atoms with Crippen LogP contribution in [0, 0.1) is 17.5 Å². The molecule has 0 radical (unpaired) electrons. The largest absolute Gasteiger partial charge is 0.352 e. The minimum Gasteiger partial charge on any atom is -0.352 e. The minimum absolute atomic E-state index is 0.0485. The van der Waals surface area contributed by atoms with Crippen molar-refractivity contribution in [3.8, 4) is 11.3 Å². The van der Waals surface area contributed by atoms with Gasteiger partial charge >= 0.3 is 5.92 Å². The van der Waals surface area contributed by atoms with Crippen LogP contribution in [0.3, 0.4) is 0 Å². The highest BCUT2D eigenvalue weighted by atomic mass is 19.3. The van der Waals surface area contributed by atoms with Crippen molar-refractivity contribution in [2.24, 2.45) is 0 Å². The lowest BCUT2D eigenvalue weighted by Gasteiger charge is -2.21. The summed E-state index contributed by atoms with van der Waals surface area (Å²) in [6, 6.07) is 5.73. The molecule has 2 aromatic carbocycles. The summed E-state index contributed by atoms with van der Waals surface area (Å²) >= 11 is 0. The number of fused-ring (bicyclic) bond motifs is 1. The Morgan fingerprint density at radius 1 is 1.16 bits per heavy atom. The van der Waals surface area contributed by atoms with E-state index < -0.39 is 41.7 Å². The van der Waals surface area contributed by atoms with Crippen LogP contribution in [-0.2, 0) is 11.2 Å². The third kappa shape index (κ3) is 4.99. The maximum atomic E-state index is 15.0. The zero-order valence-corrected chi connectivity index (χ0v) is 17.2. The Labute approximate surface area is 181 Å². The number of rotatable bonds is 9. The van der Waals surface area contributed by atoms with Crippen molar-refractivity contribution in [2.45, 2.75) is 24.8 Å². The zero-order chi connectivity index (χ0) is 23.5. The van der Waals surface area contributed by atoms with Crippen LogP contribution in [0.5, 0.6) is 0 Å². The van der Waals surface area contributed by atoms with Gasteiger partial charge < -0.3 is 15.6 Å². The Kier molecular flexibility index (Phi) is 6.98. The molecule has 0 fully saturated rings. The standard InChI is InChI=1S/C23H22F5N3O/c1-3-16(8-9-29-2)30-22(32)23(27,28)12-18-17-10-15(25)11-19(26)21(17)31-20(18)13-4-6-14(24)7-5-13/h3-7,10-11,16,29,31H,1,8-9,12H2,2H3,(H,30,32). The first-order chi connectivity index (χ1) is 15.2. The average Bonchev–Trinajstić information content (AvgIpc) is 3.09. The second-order valence-electron chi connectivity index (χ2n) is 7.38. The van der Waals surface area contributed by atoms with Gasteiger partial charge in [0.1, 0.15) is 17.5 Å². The number of aromatic nitrogens is 1. The lowest BCUT2D eigenvalue weighted by Crippen LogP contribution is -2.46. The molecule has 0 saturated heterocycles. The molecule has 0 saturated carbocycles. The van der Waals surface area contributed by atoms with Crippen molar-refractivity contribution in [3.63, 3.8) is 0 Å². The summed E-state index contributed by atoms with van der Waals surface area (Å²) in [6.07, 6.45) is 0.586. The molecule has 0 spiro atoms. The Morgan fingerprint density at radius 2 is 1.84 bits per heavy atom. The van der Waals surface area contributed by atoms with Gasteiger partial charge in [0.15, 0.2) is 0 Å². The molecule has 1 atom stereocenters. The molecular formula is C23H22F5N3O. The highest BCUT2D eigenvalue weighted by Crippen LogP contribution is 2.36. The van der Waals surface area contributed by atoms with Crippen LogP contribution in [0.25, 0.3) is 22.2 Å². The number of benzene rings is 2. The maximum absolute atomic E-state index is 15.0. The Bertz CT molecular complexity index is 1120. The molecule has 0 bridgehead atoms. The first kappa shape index (κ1) is 23.5. The molecular weight excluding hydrogens is 429 g/mol. The lowest BCUT2D eigenvalue weighted by molar-refractivity contribution is -0.145. The van der Waals surface area contributed by atoms with Crippen molar-refractivity contribution in [1.82, 2.24) is 15.6 Å². The third-order valence-electron chi connectivity index (χ3n) is 5.10. The Balaban J connectivity index is 2.02. The summed E-state index contributed by atoms with van der Waals surface area (Å²) in [6.45, 7) is 4.01. The molecule has 9 heteroatoms. The molecule has 3 aromatic rings. The quantitative estimate of drug-likeness (QED) is 0.326. The highest BCUT2D eigenvalue weighted by molar-refractivity contribution is 5.93. The van der Waals surface area contributed by atoms with Gasteiger partial charge in [0.2, 0.25) is 0 Å². The lowest BCUT2D eigenvalue weighted by atomic mass is 9.98. The van der Waals surface area contributed by atoms with Gasteiger partial charge in [-0.25, -0.2) is 13.2 Å². The smallest absolute Gasteiger partial charge is 0.328 e. The van der Waals surface area contributed by atoms with Crippen molar-refractivity contribution in [3.05, 3.63) is 72.1 Å². The van der Waals surface area contributed by atoms with E-state index in [9.17, 15) is 26.7 Å². The van der Waals surface area contributed by atoms with Gasteiger partial charge in [-0.3, -0.25) is 4.79 Å². The first-order valence-corrected chi connectivity index (χ1v) is 9.87. The summed E-state index contributed by atoms with van der Waals surface area (Å²) in [7, 11) is 1.68. The van der Waals surface area contributed by atoms with E-state index in [4.69, 9.17) is 0 Å². The fraction of sp³-hybridized carbons (Fsp3) is 0.261. The number of hydrogen-bond donors (Lipinski definition) is 3. The fourth-order valence-corrected chi connectivity index (χ4v) is 3.45. The van der Waals surface area contributed by atoms with E-state index in [1.807, 2.05) is 0 Å². The van der Waals surface area contributed by atoms with Crippen molar-refractivity contribution in [1.29, 1.82) is 0 Å². The van der Waals surface area contributed by atoms with Gasteiger partial charge in [-0.1, -0.05) is 6.08 Å². The summed E-state index contributed by atoms with van der Waals surface area (Å²) in [5.41, 5.74) is -0.00973. The Morgan fingerprint density at radius 3 is 2.47 bits per heavy atom. The number of carbonyl (C=O) groups excluding carboxylic acids is 1. The van der Waals surface area contributed by atoms with Gasteiger partial charge in [0, 0.05) is 23.9 Å². The minimum atomic E-state index is -3.90. The molecule has 1 amide bonds. The topological polar surface area (TPSA) is 56.9 Å². The average molecular weight is 451 g/mol. The van der Waals surface area contributed by atoms with Crippen LogP contribution in [0.15, 0.2) is 49.1 Å². The van der Waals surface area contributed by atoms with E-state index in [2.05, 4.69) is 22.2 Å². The van der Waals surface area contributed by atoms with E-state index in [1.165, 1.54) is 18.2 Å². The zero-order valence-electron chi connectivity index (χ0n) is 17.2. The number of carbonyl (C=O) groups is 1. The summed E-state index contributed by atoms with van der Waals surface area (Å²) in [5, 5.41) is 4.97. The van der Waals surface area contributed by atoms with Crippen LogP contribution >= 0.6 is 0 Å².